The Morgan fingerprint density at radius 3 is 1.94 bits per heavy atom. The minimum absolute atomic E-state index is 0.176. The van der Waals surface area contributed by atoms with Gasteiger partial charge in [0.2, 0.25) is 0 Å². The molecule has 1 N–H and O–H groups in total. The summed E-state index contributed by atoms with van der Waals surface area (Å²) in [5.41, 5.74) is 2.06. The van der Waals surface area contributed by atoms with Crippen LogP contribution in [-0.4, -0.2) is 41.8 Å². The Morgan fingerprint density at radius 2 is 1.45 bits per heavy atom. The van der Waals surface area contributed by atoms with E-state index in [-0.39, 0.29) is 17.5 Å². The van der Waals surface area contributed by atoms with Gasteiger partial charge in [-0.3, -0.25) is 0 Å². The Bertz CT molecular complexity index is 845. The molecule has 0 spiro atoms. The van der Waals surface area contributed by atoms with E-state index in [0.717, 1.165) is 24.8 Å². The van der Waals surface area contributed by atoms with Crippen LogP contribution in [0.15, 0.2) is 66.8 Å². The van der Waals surface area contributed by atoms with Gasteiger partial charge in [0.05, 0.1) is 18.8 Å². The zero-order chi connectivity index (χ0) is 25.0. The van der Waals surface area contributed by atoms with Crippen molar-refractivity contribution in [3.63, 3.8) is 0 Å². The number of carbonyl (C=O) groups excluding carboxylic acids is 2. The molecule has 2 fully saturated rings. The molecule has 0 amide bonds. The second kappa shape index (κ2) is 14.1. The van der Waals surface area contributed by atoms with Crippen LogP contribution in [0.3, 0.4) is 0 Å². The van der Waals surface area contributed by atoms with E-state index >= 15 is 0 Å². The molecule has 33 heavy (non-hydrogen) atoms. The number of fused-ring (bicyclic) bond motifs is 1. The molecule has 7 heteroatoms. The summed E-state index contributed by atoms with van der Waals surface area (Å²) in [4.78, 5) is 31.7. The number of hydrogen-bond acceptors (Lipinski definition) is 6. The molecule has 1 saturated heterocycles. The maximum Gasteiger partial charge on any atom is 0.333 e. The van der Waals surface area contributed by atoms with Crippen molar-refractivity contribution in [1.29, 1.82) is 0 Å². The Morgan fingerprint density at radius 1 is 0.909 bits per heavy atom. The molecule has 0 radical (unpaired) electrons. The van der Waals surface area contributed by atoms with Crippen LogP contribution in [0, 0.1) is 5.92 Å². The Hall–Kier alpha value is -3.19. The maximum atomic E-state index is 11.1. The van der Waals surface area contributed by atoms with Crippen LogP contribution in [0.25, 0.3) is 0 Å². The highest BCUT2D eigenvalue weighted by Gasteiger charge is 2.43. The molecule has 1 aromatic carbocycles. The van der Waals surface area contributed by atoms with Crippen molar-refractivity contribution in [3.05, 3.63) is 72.4 Å². The van der Waals surface area contributed by atoms with Gasteiger partial charge in [0.15, 0.2) is 0 Å². The zero-order valence-corrected chi connectivity index (χ0v) is 19.7. The third-order valence-corrected chi connectivity index (χ3v) is 4.84. The molecule has 1 saturated carbocycles. The lowest BCUT2D eigenvalue weighted by molar-refractivity contribution is -0.141. The standard InChI is InChI=1S/C11H16O3.C11H12O2.C4H6O2/c1-7(2)11(12)13-6-8-3-4-9-10(5-8)14-9;1-9(2)11(12)13-8-10-6-4-3-5-7-10;1-3(2)4(5)6/h8-10H,1,3-6H2,2H3;3-7H,1,8H2,2H3;1H2,2H3,(H,5,6). The SMILES string of the molecule is C=C(C)C(=O)O.C=C(C)C(=O)OCC1CCC2OC2C1.C=C(C)C(=O)OCc1ccccc1. The highest BCUT2D eigenvalue weighted by molar-refractivity contribution is 5.87. The first-order valence-electron chi connectivity index (χ1n) is 10.7. The van der Waals surface area contributed by atoms with Gasteiger partial charge in [-0.15, -0.1) is 0 Å². The topological polar surface area (TPSA) is 102 Å². The van der Waals surface area contributed by atoms with Crippen molar-refractivity contribution in [2.45, 2.75) is 58.8 Å². The number of aliphatic carboxylic acids is 1. The predicted molar refractivity (Wildman–Crippen MR) is 125 cm³/mol. The molecule has 1 aliphatic carbocycles. The summed E-state index contributed by atoms with van der Waals surface area (Å²) in [6.07, 6.45) is 4.26. The number of carbonyl (C=O) groups is 3. The molecule has 0 aromatic heterocycles. The summed E-state index contributed by atoms with van der Waals surface area (Å²) in [5.74, 6) is -1.07. The van der Waals surface area contributed by atoms with Crippen LogP contribution >= 0.6 is 0 Å². The van der Waals surface area contributed by atoms with E-state index in [4.69, 9.17) is 19.3 Å². The van der Waals surface area contributed by atoms with Gasteiger partial charge in [-0.2, -0.15) is 0 Å². The van der Waals surface area contributed by atoms with Gasteiger partial charge in [-0.1, -0.05) is 50.1 Å². The molecule has 1 heterocycles. The Labute approximate surface area is 195 Å². The third kappa shape index (κ3) is 11.8. The molecule has 7 nitrogen and oxygen atoms in total. The lowest BCUT2D eigenvalue weighted by atomic mass is 9.90. The normalized spacial score (nSPS) is 19.7. The van der Waals surface area contributed by atoms with Gasteiger partial charge in [-0.25, -0.2) is 14.4 Å². The molecule has 180 valence electrons. The van der Waals surface area contributed by atoms with Gasteiger partial charge in [-0.05, 0) is 51.5 Å². The summed E-state index contributed by atoms with van der Waals surface area (Å²) in [6.45, 7) is 15.8. The number of carboxylic acid groups (broad SMARTS) is 1. The number of rotatable bonds is 7. The first-order chi connectivity index (χ1) is 15.5. The van der Waals surface area contributed by atoms with Gasteiger partial charge in [0.25, 0.3) is 0 Å². The van der Waals surface area contributed by atoms with Crippen LogP contribution < -0.4 is 0 Å². The number of epoxide rings is 1. The molecule has 3 unspecified atom stereocenters. The molecular weight excluding hydrogens is 424 g/mol. The fourth-order valence-corrected chi connectivity index (χ4v) is 2.80. The highest BCUT2D eigenvalue weighted by atomic mass is 16.6. The lowest BCUT2D eigenvalue weighted by Gasteiger charge is -2.18. The van der Waals surface area contributed by atoms with Crippen LogP contribution in [0.4, 0.5) is 0 Å². The first-order valence-corrected chi connectivity index (χ1v) is 10.7. The maximum absolute atomic E-state index is 11.1. The monoisotopic (exact) mass is 458 g/mol. The minimum atomic E-state index is -0.935. The molecule has 1 aromatic rings. The molecule has 2 aliphatic rings. The average molecular weight is 459 g/mol. The highest BCUT2D eigenvalue weighted by Crippen LogP contribution is 2.39. The quantitative estimate of drug-likeness (QED) is 0.361. The molecular formula is C26H34O7. The lowest BCUT2D eigenvalue weighted by Crippen LogP contribution is -2.20. The number of esters is 2. The van der Waals surface area contributed by atoms with Crippen LogP contribution in [-0.2, 0) is 35.2 Å². The van der Waals surface area contributed by atoms with E-state index in [2.05, 4.69) is 19.7 Å². The predicted octanol–water partition coefficient (Wildman–Crippen LogP) is 4.63. The fourth-order valence-electron chi connectivity index (χ4n) is 2.80. The first kappa shape index (κ1) is 27.8. The summed E-state index contributed by atoms with van der Waals surface area (Å²) in [5, 5.41) is 7.89. The summed E-state index contributed by atoms with van der Waals surface area (Å²) < 4.78 is 15.5. The smallest absolute Gasteiger partial charge is 0.333 e. The summed E-state index contributed by atoms with van der Waals surface area (Å²) in [7, 11) is 0. The second-order valence-electron chi connectivity index (χ2n) is 8.20. The fraction of sp³-hybridized carbons (Fsp3) is 0.423. The van der Waals surface area contributed by atoms with Crippen molar-refractivity contribution in [1.82, 2.24) is 0 Å². The molecule has 3 rings (SSSR count). The van der Waals surface area contributed by atoms with Crippen molar-refractivity contribution in [2.24, 2.45) is 5.92 Å². The van der Waals surface area contributed by atoms with E-state index in [1.165, 1.54) is 6.92 Å². The van der Waals surface area contributed by atoms with Crippen molar-refractivity contribution in [2.75, 3.05) is 6.61 Å². The largest absolute Gasteiger partial charge is 0.478 e. The Kier molecular flexibility index (Phi) is 11.9. The number of ether oxygens (including phenoxy) is 3. The van der Waals surface area contributed by atoms with Crippen LogP contribution in [0.1, 0.15) is 45.6 Å². The van der Waals surface area contributed by atoms with E-state index in [9.17, 15) is 14.4 Å². The Balaban J connectivity index is 0.000000268. The van der Waals surface area contributed by atoms with Gasteiger partial charge < -0.3 is 19.3 Å². The minimum Gasteiger partial charge on any atom is -0.478 e. The van der Waals surface area contributed by atoms with Crippen LogP contribution in [0.5, 0.6) is 0 Å². The summed E-state index contributed by atoms with van der Waals surface area (Å²) in [6, 6.07) is 9.55. The van der Waals surface area contributed by atoms with Gasteiger partial charge >= 0.3 is 17.9 Å². The van der Waals surface area contributed by atoms with Crippen molar-refractivity contribution < 1.29 is 33.7 Å². The van der Waals surface area contributed by atoms with E-state index < -0.39 is 5.97 Å². The van der Waals surface area contributed by atoms with E-state index in [1.54, 1.807) is 13.8 Å². The third-order valence-electron chi connectivity index (χ3n) is 4.84. The molecule has 3 atom stereocenters. The second-order valence-corrected chi connectivity index (χ2v) is 8.20. The van der Waals surface area contributed by atoms with Crippen molar-refractivity contribution in [3.8, 4) is 0 Å². The van der Waals surface area contributed by atoms with Gasteiger partial charge in [0, 0.05) is 16.7 Å². The van der Waals surface area contributed by atoms with Crippen LogP contribution in [0.2, 0.25) is 0 Å². The molecule has 1 aliphatic heterocycles. The van der Waals surface area contributed by atoms with E-state index in [1.807, 2.05) is 30.3 Å². The van der Waals surface area contributed by atoms with Crippen molar-refractivity contribution >= 4 is 17.9 Å². The zero-order valence-electron chi connectivity index (χ0n) is 19.7. The summed E-state index contributed by atoms with van der Waals surface area (Å²) >= 11 is 0. The average Bonchev–Trinajstić information content (AvgIpc) is 3.56. The van der Waals surface area contributed by atoms with Gasteiger partial charge in [0.1, 0.15) is 6.61 Å². The number of benzene rings is 1. The number of hydrogen-bond donors (Lipinski definition) is 1. The molecule has 0 bridgehead atoms. The number of carboxylic acids is 1. The van der Waals surface area contributed by atoms with E-state index in [0.29, 0.717) is 42.5 Å².